The van der Waals surface area contributed by atoms with Crippen LogP contribution in [0.2, 0.25) is 0 Å². The molecule has 0 aliphatic rings. The van der Waals surface area contributed by atoms with Gasteiger partial charge >= 0.3 is 5.97 Å². The van der Waals surface area contributed by atoms with Gasteiger partial charge in [-0.2, -0.15) is 0 Å². The minimum atomic E-state index is -2.98. The first-order valence-corrected chi connectivity index (χ1v) is 7.70. The Labute approximate surface area is 108 Å². The lowest BCUT2D eigenvalue weighted by Gasteiger charge is -2.04. The van der Waals surface area contributed by atoms with Crippen molar-refractivity contribution >= 4 is 38.4 Å². The Morgan fingerprint density at radius 2 is 2.19 bits per heavy atom. The van der Waals surface area contributed by atoms with Crippen molar-refractivity contribution in [2.45, 2.75) is 13.0 Å². The molecule has 0 bridgehead atoms. The number of hydrogen-bond acceptors (Lipinski definition) is 3. The van der Waals surface area contributed by atoms with Crippen molar-refractivity contribution in [3.05, 3.63) is 21.5 Å². The number of sulfone groups is 1. The van der Waals surface area contributed by atoms with Gasteiger partial charge in [-0.05, 0) is 35.1 Å². The highest BCUT2D eigenvalue weighted by Crippen LogP contribution is 2.12. The average Bonchev–Trinajstić information content (AvgIpc) is 2.44. The van der Waals surface area contributed by atoms with Crippen molar-refractivity contribution in [1.29, 1.82) is 0 Å². The van der Waals surface area contributed by atoms with Crippen molar-refractivity contribution in [2.75, 3.05) is 12.0 Å². The molecule has 90 valence electrons. The van der Waals surface area contributed by atoms with Crippen LogP contribution in [-0.4, -0.2) is 36.1 Å². The van der Waals surface area contributed by atoms with Crippen LogP contribution in [0.25, 0.3) is 0 Å². The summed E-state index contributed by atoms with van der Waals surface area (Å²) in [5.74, 6) is -0.928. The van der Waals surface area contributed by atoms with Crippen LogP contribution in [0.5, 0.6) is 0 Å². The third-order valence-electron chi connectivity index (χ3n) is 2.00. The largest absolute Gasteiger partial charge is 0.477 e. The van der Waals surface area contributed by atoms with Crippen molar-refractivity contribution in [2.24, 2.45) is 0 Å². The van der Waals surface area contributed by atoms with E-state index in [0.29, 0.717) is 13.0 Å². The van der Waals surface area contributed by atoms with Crippen molar-refractivity contribution < 1.29 is 18.3 Å². The van der Waals surface area contributed by atoms with Gasteiger partial charge in [0.05, 0.1) is 5.75 Å². The van der Waals surface area contributed by atoms with E-state index in [2.05, 4.69) is 0 Å². The molecule has 1 heterocycles. The molecule has 1 aromatic heterocycles. The molecule has 0 amide bonds. The van der Waals surface area contributed by atoms with Crippen molar-refractivity contribution in [1.82, 2.24) is 4.57 Å². The van der Waals surface area contributed by atoms with E-state index in [1.54, 1.807) is 16.8 Å². The van der Waals surface area contributed by atoms with E-state index < -0.39 is 15.8 Å². The summed E-state index contributed by atoms with van der Waals surface area (Å²) < 4.78 is 24.2. The molecule has 1 N–H and O–H groups in total. The third-order valence-corrected chi connectivity index (χ3v) is 3.62. The lowest BCUT2D eigenvalue weighted by molar-refractivity contribution is 0.0685. The minimum absolute atomic E-state index is 0.0703. The fourth-order valence-corrected chi connectivity index (χ4v) is 2.62. The highest BCUT2D eigenvalue weighted by atomic mass is 127. The summed E-state index contributed by atoms with van der Waals surface area (Å²) in [6.45, 7) is 0.401. The molecule has 0 saturated heterocycles. The molecule has 0 aromatic carbocycles. The molecule has 16 heavy (non-hydrogen) atoms. The van der Waals surface area contributed by atoms with Crippen LogP contribution in [0.4, 0.5) is 0 Å². The molecule has 0 radical (unpaired) electrons. The molecule has 1 rings (SSSR count). The van der Waals surface area contributed by atoms with Gasteiger partial charge in [0.25, 0.3) is 0 Å². The van der Waals surface area contributed by atoms with Crippen LogP contribution in [0.1, 0.15) is 16.9 Å². The van der Waals surface area contributed by atoms with Crippen LogP contribution in [0.15, 0.2) is 12.3 Å². The molecule has 5 nitrogen and oxygen atoms in total. The number of nitrogens with zero attached hydrogens (tertiary/aromatic N) is 1. The van der Waals surface area contributed by atoms with E-state index in [1.807, 2.05) is 22.6 Å². The zero-order valence-corrected chi connectivity index (χ0v) is 11.7. The maximum absolute atomic E-state index is 10.9. The highest BCUT2D eigenvalue weighted by Gasteiger charge is 2.11. The van der Waals surface area contributed by atoms with E-state index in [9.17, 15) is 13.2 Å². The summed E-state index contributed by atoms with van der Waals surface area (Å²) in [4.78, 5) is 10.9. The van der Waals surface area contributed by atoms with Crippen molar-refractivity contribution in [3.63, 3.8) is 0 Å². The summed E-state index contributed by atoms with van der Waals surface area (Å²) in [5.41, 5.74) is 0.193. The van der Waals surface area contributed by atoms with Gasteiger partial charge in [-0.15, -0.1) is 0 Å². The van der Waals surface area contributed by atoms with E-state index in [4.69, 9.17) is 5.11 Å². The van der Waals surface area contributed by atoms with Gasteiger partial charge in [-0.3, -0.25) is 0 Å². The fourth-order valence-electron chi connectivity index (χ4n) is 1.34. The smallest absolute Gasteiger partial charge is 0.352 e. The second-order valence-corrected chi connectivity index (χ2v) is 7.03. The number of carbonyl (C=O) groups is 1. The van der Waals surface area contributed by atoms with Gasteiger partial charge in [0.2, 0.25) is 0 Å². The Morgan fingerprint density at radius 3 is 2.69 bits per heavy atom. The predicted molar refractivity (Wildman–Crippen MR) is 68.4 cm³/mol. The predicted octanol–water partition coefficient (Wildman–Crippen LogP) is 1.23. The Kier molecular flexibility index (Phi) is 4.36. The minimum Gasteiger partial charge on any atom is -0.477 e. The Balaban J connectivity index is 2.70. The molecule has 0 spiro atoms. The van der Waals surface area contributed by atoms with Gasteiger partial charge in [0, 0.05) is 22.6 Å². The first-order chi connectivity index (χ1) is 7.29. The molecular weight excluding hydrogens is 345 g/mol. The average molecular weight is 357 g/mol. The monoisotopic (exact) mass is 357 g/mol. The molecule has 0 aliphatic carbocycles. The van der Waals surface area contributed by atoms with E-state index in [1.165, 1.54) is 6.26 Å². The van der Waals surface area contributed by atoms with Gasteiger partial charge in [0.15, 0.2) is 0 Å². The van der Waals surface area contributed by atoms with Crippen LogP contribution < -0.4 is 0 Å². The van der Waals surface area contributed by atoms with Crippen molar-refractivity contribution in [3.8, 4) is 0 Å². The maximum Gasteiger partial charge on any atom is 0.352 e. The van der Waals surface area contributed by atoms with Gasteiger partial charge in [-0.25, -0.2) is 13.2 Å². The van der Waals surface area contributed by atoms with E-state index in [-0.39, 0.29) is 11.4 Å². The first kappa shape index (κ1) is 13.5. The Bertz CT molecular complexity index is 492. The van der Waals surface area contributed by atoms with E-state index in [0.717, 1.165) is 3.57 Å². The lowest BCUT2D eigenvalue weighted by Crippen LogP contribution is -2.11. The summed E-state index contributed by atoms with van der Waals surface area (Å²) in [5, 5.41) is 8.90. The number of rotatable bonds is 5. The molecule has 0 aliphatic heterocycles. The molecule has 0 atom stereocenters. The lowest BCUT2D eigenvalue weighted by atomic mass is 10.4. The molecule has 7 heteroatoms. The third kappa shape index (κ3) is 4.12. The quantitative estimate of drug-likeness (QED) is 0.805. The number of carboxylic acids is 1. The standard InChI is InChI=1S/C9H12INO4S/c1-16(14,15)4-2-3-11-6-7(10)5-8(11)9(12)13/h5-6H,2-4H2,1H3,(H,12,13). The molecule has 0 unspecified atom stereocenters. The molecule has 1 aromatic rings. The topological polar surface area (TPSA) is 76.4 Å². The number of aryl methyl sites for hydroxylation is 1. The van der Waals surface area contributed by atoms with Gasteiger partial charge < -0.3 is 9.67 Å². The number of aromatic nitrogens is 1. The Hall–Kier alpha value is -0.570. The van der Waals surface area contributed by atoms with Gasteiger partial charge in [0.1, 0.15) is 15.5 Å². The summed E-state index contributed by atoms with van der Waals surface area (Å²) in [6.07, 6.45) is 3.29. The first-order valence-electron chi connectivity index (χ1n) is 4.56. The SMILES string of the molecule is CS(=O)(=O)CCCn1cc(I)cc1C(=O)O. The number of aromatic carboxylic acids is 1. The molecular formula is C9H12INO4S. The summed E-state index contributed by atoms with van der Waals surface area (Å²) in [6, 6.07) is 1.56. The fraction of sp³-hybridized carbons (Fsp3) is 0.444. The normalized spacial score (nSPS) is 11.6. The van der Waals surface area contributed by atoms with Gasteiger partial charge in [-0.1, -0.05) is 0 Å². The number of carboxylic acid groups (broad SMARTS) is 1. The van der Waals surface area contributed by atoms with Crippen LogP contribution in [-0.2, 0) is 16.4 Å². The van der Waals surface area contributed by atoms with E-state index >= 15 is 0 Å². The summed E-state index contributed by atoms with van der Waals surface area (Å²) >= 11 is 2.03. The molecule has 0 fully saturated rings. The summed E-state index contributed by atoms with van der Waals surface area (Å²) in [7, 11) is -2.98. The van der Waals surface area contributed by atoms with Crippen LogP contribution >= 0.6 is 22.6 Å². The second kappa shape index (κ2) is 5.17. The number of halogens is 1. The Morgan fingerprint density at radius 1 is 1.56 bits per heavy atom. The molecule has 0 saturated carbocycles. The maximum atomic E-state index is 10.9. The number of hydrogen-bond donors (Lipinski definition) is 1. The van der Waals surface area contributed by atoms with Crippen LogP contribution in [0, 0.1) is 3.57 Å². The van der Waals surface area contributed by atoms with Crippen LogP contribution in [0.3, 0.4) is 0 Å². The zero-order valence-electron chi connectivity index (χ0n) is 8.68. The highest BCUT2D eigenvalue weighted by molar-refractivity contribution is 14.1. The second-order valence-electron chi connectivity index (χ2n) is 3.53. The zero-order chi connectivity index (χ0) is 12.3.